The SMILES string of the molecule is C[C@H](C#N)Sc1nnc(-c2cccnc2)n1C. The third kappa shape index (κ3) is 2.45. The lowest BCUT2D eigenvalue weighted by atomic mass is 10.3. The molecule has 0 saturated heterocycles. The summed E-state index contributed by atoms with van der Waals surface area (Å²) in [6, 6.07) is 5.94. The molecule has 0 aliphatic heterocycles. The van der Waals surface area contributed by atoms with Crippen LogP contribution in [-0.2, 0) is 7.05 Å². The molecule has 0 amide bonds. The first-order chi connectivity index (χ1) is 8.22. The Morgan fingerprint density at radius 1 is 1.47 bits per heavy atom. The normalized spacial score (nSPS) is 12.1. The van der Waals surface area contributed by atoms with Crippen LogP contribution in [0.2, 0.25) is 0 Å². The molecule has 17 heavy (non-hydrogen) atoms. The van der Waals surface area contributed by atoms with Gasteiger partial charge >= 0.3 is 0 Å². The molecule has 1 atom stereocenters. The molecular weight excluding hydrogens is 234 g/mol. The third-order valence-corrected chi connectivity index (χ3v) is 3.24. The van der Waals surface area contributed by atoms with Gasteiger partial charge in [0.15, 0.2) is 11.0 Å². The van der Waals surface area contributed by atoms with Crippen molar-refractivity contribution in [1.29, 1.82) is 5.26 Å². The molecule has 0 unspecified atom stereocenters. The molecule has 0 fully saturated rings. The molecule has 0 bridgehead atoms. The zero-order valence-electron chi connectivity index (χ0n) is 9.53. The highest BCUT2D eigenvalue weighted by Gasteiger charge is 2.13. The van der Waals surface area contributed by atoms with Crippen LogP contribution in [0.5, 0.6) is 0 Å². The summed E-state index contributed by atoms with van der Waals surface area (Å²) < 4.78 is 1.87. The minimum Gasteiger partial charge on any atom is -0.305 e. The molecule has 2 heterocycles. The van der Waals surface area contributed by atoms with Crippen LogP contribution in [-0.4, -0.2) is 25.0 Å². The van der Waals surface area contributed by atoms with E-state index in [4.69, 9.17) is 5.26 Å². The fourth-order valence-electron chi connectivity index (χ4n) is 1.35. The van der Waals surface area contributed by atoms with Gasteiger partial charge in [-0.05, 0) is 19.1 Å². The molecule has 6 heteroatoms. The molecule has 2 rings (SSSR count). The fourth-order valence-corrected chi connectivity index (χ4v) is 2.05. The molecule has 0 aliphatic rings. The first-order valence-electron chi connectivity index (χ1n) is 5.08. The largest absolute Gasteiger partial charge is 0.305 e. The van der Waals surface area contributed by atoms with Crippen molar-refractivity contribution in [1.82, 2.24) is 19.7 Å². The van der Waals surface area contributed by atoms with Crippen molar-refractivity contribution in [2.75, 3.05) is 0 Å². The van der Waals surface area contributed by atoms with E-state index < -0.39 is 0 Å². The van der Waals surface area contributed by atoms with Crippen molar-refractivity contribution in [2.24, 2.45) is 7.05 Å². The number of pyridine rings is 1. The predicted molar refractivity (Wildman–Crippen MR) is 65.2 cm³/mol. The maximum absolute atomic E-state index is 8.77. The van der Waals surface area contributed by atoms with Gasteiger partial charge in [-0.2, -0.15) is 5.26 Å². The van der Waals surface area contributed by atoms with E-state index in [1.165, 1.54) is 11.8 Å². The first-order valence-corrected chi connectivity index (χ1v) is 5.96. The molecule has 0 spiro atoms. The summed E-state index contributed by atoms with van der Waals surface area (Å²) >= 11 is 1.39. The van der Waals surface area contributed by atoms with E-state index in [-0.39, 0.29) is 5.25 Å². The van der Waals surface area contributed by atoms with E-state index in [1.54, 1.807) is 12.4 Å². The van der Waals surface area contributed by atoms with Gasteiger partial charge in [0.2, 0.25) is 0 Å². The quantitative estimate of drug-likeness (QED) is 0.772. The summed E-state index contributed by atoms with van der Waals surface area (Å²) in [6.07, 6.45) is 3.46. The highest BCUT2D eigenvalue weighted by molar-refractivity contribution is 8.00. The predicted octanol–water partition coefficient (Wildman–Crippen LogP) is 1.88. The minimum atomic E-state index is -0.139. The molecule has 0 saturated carbocycles. The maximum atomic E-state index is 8.77. The van der Waals surface area contributed by atoms with Crippen molar-refractivity contribution in [3.8, 4) is 17.5 Å². The van der Waals surface area contributed by atoms with E-state index in [0.717, 1.165) is 16.5 Å². The van der Waals surface area contributed by atoms with Gasteiger partial charge in [-0.3, -0.25) is 4.98 Å². The van der Waals surface area contributed by atoms with Gasteiger partial charge in [-0.1, -0.05) is 11.8 Å². The molecule has 5 nitrogen and oxygen atoms in total. The Kier molecular flexibility index (Phi) is 3.40. The topological polar surface area (TPSA) is 67.4 Å². The van der Waals surface area contributed by atoms with E-state index >= 15 is 0 Å². The lowest BCUT2D eigenvalue weighted by Crippen LogP contribution is -1.98. The smallest absolute Gasteiger partial charge is 0.192 e. The summed E-state index contributed by atoms with van der Waals surface area (Å²) in [7, 11) is 1.88. The third-order valence-electron chi connectivity index (χ3n) is 2.22. The number of hydrogen-bond donors (Lipinski definition) is 0. The van der Waals surface area contributed by atoms with Crippen molar-refractivity contribution >= 4 is 11.8 Å². The molecule has 0 radical (unpaired) electrons. The van der Waals surface area contributed by atoms with Gasteiger partial charge < -0.3 is 4.57 Å². The zero-order chi connectivity index (χ0) is 12.3. The van der Waals surface area contributed by atoms with Crippen molar-refractivity contribution in [3.05, 3.63) is 24.5 Å². The second kappa shape index (κ2) is 4.97. The van der Waals surface area contributed by atoms with E-state index in [2.05, 4.69) is 21.3 Å². The monoisotopic (exact) mass is 245 g/mol. The standard InChI is InChI=1S/C11H11N5S/c1-8(6-12)17-11-15-14-10(16(11)2)9-4-3-5-13-7-9/h3-5,7-8H,1-2H3/t8-/m1/s1. The van der Waals surface area contributed by atoms with Crippen LogP contribution >= 0.6 is 11.8 Å². The number of nitriles is 1. The molecular formula is C11H11N5S. The van der Waals surface area contributed by atoms with Gasteiger partial charge in [-0.15, -0.1) is 10.2 Å². The number of rotatable bonds is 3. The number of hydrogen-bond acceptors (Lipinski definition) is 5. The summed E-state index contributed by atoms with van der Waals surface area (Å²) in [4.78, 5) is 4.05. The van der Waals surface area contributed by atoms with Crippen molar-refractivity contribution < 1.29 is 0 Å². The molecule has 0 aliphatic carbocycles. The summed E-state index contributed by atoms with van der Waals surface area (Å²) in [5, 5.41) is 17.6. The average Bonchev–Trinajstić information content (AvgIpc) is 2.72. The van der Waals surface area contributed by atoms with Crippen LogP contribution in [0.25, 0.3) is 11.4 Å². The van der Waals surface area contributed by atoms with Crippen molar-refractivity contribution in [2.45, 2.75) is 17.3 Å². The Hall–Kier alpha value is -1.87. The molecule has 0 aromatic carbocycles. The van der Waals surface area contributed by atoms with Crippen LogP contribution in [0, 0.1) is 11.3 Å². The van der Waals surface area contributed by atoms with Gasteiger partial charge in [0.05, 0.1) is 11.3 Å². The number of thioether (sulfide) groups is 1. The average molecular weight is 245 g/mol. The second-order valence-corrected chi connectivity index (χ2v) is 4.80. The lowest BCUT2D eigenvalue weighted by Gasteiger charge is -2.03. The Morgan fingerprint density at radius 2 is 2.29 bits per heavy atom. The number of aromatic nitrogens is 4. The highest BCUT2D eigenvalue weighted by Crippen LogP contribution is 2.24. The van der Waals surface area contributed by atoms with E-state index in [9.17, 15) is 0 Å². The van der Waals surface area contributed by atoms with Crippen LogP contribution in [0.3, 0.4) is 0 Å². The zero-order valence-corrected chi connectivity index (χ0v) is 10.3. The summed E-state index contributed by atoms with van der Waals surface area (Å²) in [5.74, 6) is 0.755. The molecule has 0 N–H and O–H groups in total. The van der Waals surface area contributed by atoms with Crippen LogP contribution in [0.4, 0.5) is 0 Å². The Balaban J connectivity index is 2.31. The van der Waals surface area contributed by atoms with E-state index in [1.807, 2.05) is 30.7 Å². The Labute approximate surface area is 104 Å². The second-order valence-electron chi connectivity index (χ2n) is 3.50. The molecule has 2 aromatic heterocycles. The highest BCUT2D eigenvalue weighted by atomic mass is 32.2. The first kappa shape index (κ1) is 11.6. The Morgan fingerprint density at radius 3 is 2.94 bits per heavy atom. The number of nitrogens with zero attached hydrogens (tertiary/aromatic N) is 5. The summed E-state index contributed by atoms with van der Waals surface area (Å²) in [5.41, 5.74) is 0.916. The Bertz CT molecular complexity index is 543. The minimum absolute atomic E-state index is 0.139. The summed E-state index contributed by atoms with van der Waals surface area (Å²) in [6.45, 7) is 1.84. The molecule has 86 valence electrons. The van der Waals surface area contributed by atoms with Crippen LogP contribution < -0.4 is 0 Å². The van der Waals surface area contributed by atoms with Crippen molar-refractivity contribution in [3.63, 3.8) is 0 Å². The van der Waals surface area contributed by atoms with Crippen LogP contribution in [0.1, 0.15) is 6.92 Å². The van der Waals surface area contributed by atoms with E-state index in [0.29, 0.717) is 0 Å². The van der Waals surface area contributed by atoms with Crippen LogP contribution in [0.15, 0.2) is 29.7 Å². The lowest BCUT2D eigenvalue weighted by molar-refractivity contribution is 0.792. The van der Waals surface area contributed by atoms with Gasteiger partial charge in [0.1, 0.15) is 0 Å². The van der Waals surface area contributed by atoms with Gasteiger partial charge in [0.25, 0.3) is 0 Å². The molecule has 2 aromatic rings. The maximum Gasteiger partial charge on any atom is 0.192 e. The van der Waals surface area contributed by atoms with Gasteiger partial charge in [0, 0.05) is 25.0 Å². The fraction of sp³-hybridized carbons (Fsp3) is 0.273. The van der Waals surface area contributed by atoms with Gasteiger partial charge in [-0.25, -0.2) is 0 Å².